The molecule has 3 heteroatoms. The van der Waals surface area contributed by atoms with Crippen molar-refractivity contribution in [3.8, 4) is 0 Å². The van der Waals surface area contributed by atoms with Gasteiger partial charge in [0.2, 0.25) is 0 Å². The molecule has 1 aliphatic rings. The summed E-state index contributed by atoms with van der Waals surface area (Å²) < 4.78 is 0. The molecule has 0 aromatic carbocycles. The van der Waals surface area contributed by atoms with Crippen molar-refractivity contribution in [3.05, 3.63) is 0 Å². The monoisotopic (exact) mass is 158 g/mol. The Balaban J connectivity index is 2.60. The first-order valence-corrected chi connectivity index (χ1v) is 4.08. The van der Waals surface area contributed by atoms with Gasteiger partial charge in [-0.1, -0.05) is 0 Å². The maximum atomic E-state index is 9.70. The highest BCUT2D eigenvalue weighted by Gasteiger charge is 2.37. The molecule has 1 heterocycles. The lowest BCUT2D eigenvalue weighted by molar-refractivity contribution is 0.0167. The smallest absolute Gasteiger partial charge is 0.0647 e. The third-order valence-corrected chi connectivity index (χ3v) is 2.46. The Morgan fingerprint density at radius 3 is 2.18 bits per heavy atom. The van der Waals surface area contributed by atoms with Crippen molar-refractivity contribution in [2.45, 2.75) is 25.5 Å². The second kappa shape index (κ2) is 2.73. The zero-order valence-corrected chi connectivity index (χ0v) is 7.54. The molecule has 2 unspecified atom stereocenters. The quantitative estimate of drug-likeness (QED) is 0.548. The van der Waals surface area contributed by atoms with Crippen LogP contribution in [0.4, 0.5) is 0 Å². The standard InChI is InChI=1S/C8H18N2O/c1-8(2,11)6-4-10(3)5-7(6)9/h6-7,11H,4-5,9H2,1-3H3. The van der Waals surface area contributed by atoms with Gasteiger partial charge in [-0.05, 0) is 20.9 Å². The number of rotatable bonds is 1. The van der Waals surface area contributed by atoms with E-state index >= 15 is 0 Å². The fourth-order valence-electron chi connectivity index (χ4n) is 1.78. The Morgan fingerprint density at radius 2 is 2.00 bits per heavy atom. The Hall–Kier alpha value is -0.120. The SMILES string of the molecule is CN1CC(N)C(C(C)(C)O)C1. The Bertz CT molecular complexity index is 142. The molecule has 0 aromatic rings. The van der Waals surface area contributed by atoms with E-state index < -0.39 is 5.60 Å². The number of nitrogens with two attached hydrogens (primary N) is 1. The second-order valence-corrected chi connectivity index (χ2v) is 4.15. The molecule has 0 spiro atoms. The molecule has 0 bridgehead atoms. The predicted molar refractivity (Wildman–Crippen MR) is 45.3 cm³/mol. The molecule has 11 heavy (non-hydrogen) atoms. The average Bonchev–Trinajstić information content (AvgIpc) is 2.08. The molecule has 1 rings (SSSR count). The van der Waals surface area contributed by atoms with Gasteiger partial charge in [-0.2, -0.15) is 0 Å². The summed E-state index contributed by atoms with van der Waals surface area (Å²) in [6, 6.07) is 0.125. The maximum absolute atomic E-state index is 9.70. The van der Waals surface area contributed by atoms with E-state index in [9.17, 15) is 5.11 Å². The lowest BCUT2D eigenvalue weighted by Crippen LogP contribution is -2.42. The fraction of sp³-hybridized carbons (Fsp3) is 1.00. The maximum Gasteiger partial charge on any atom is 0.0647 e. The molecule has 2 atom stereocenters. The molecule has 0 saturated carbocycles. The van der Waals surface area contributed by atoms with Crippen LogP contribution in [0.2, 0.25) is 0 Å². The zero-order chi connectivity index (χ0) is 8.65. The highest BCUT2D eigenvalue weighted by molar-refractivity contribution is 4.93. The van der Waals surface area contributed by atoms with E-state index in [4.69, 9.17) is 5.73 Å². The summed E-state index contributed by atoms with van der Waals surface area (Å²) in [5.41, 5.74) is 5.22. The van der Waals surface area contributed by atoms with Crippen LogP contribution in [0.15, 0.2) is 0 Å². The number of hydrogen-bond donors (Lipinski definition) is 2. The topological polar surface area (TPSA) is 49.5 Å². The summed E-state index contributed by atoms with van der Waals surface area (Å²) in [6.07, 6.45) is 0. The predicted octanol–water partition coefficient (Wildman–Crippen LogP) is -0.354. The molecule has 0 amide bonds. The van der Waals surface area contributed by atoms with Gasteiger partial charge < -0.3 is 15.7 Å². The van der Waals surface area contributed by atoms with Crippen molar-refractivity contribution in [3.63, 3.8) is 0 Å². The zero-order valence-electron chi connectivity index (χ0n) is 7.54. The van der Waals surface area contributed by atoms with Crippen molar-refractivity contribution in [2.24, 2.45) is 11.7 Å². The lowest BCUT2D eigenvalue weighted by atomic mass is 9.87. The highest BCUT2D eigenvalue weighted by atomic mass is 16.3. The summed E-state index contributed by atoms with van der Waals surface area (Å²) in [6.45, 7) is 5.46. The van der Waals surface area contributed by atoms with Gasteiger partial charge in [-0.15, -0.1) is 0 Å². The van der Waals surface area contributed by atoms with Gasteiger partial charge >= 0.3 is 0 Å². The fourth-order valence-corrected chi connectivity index (χ4v) is 1.78. The van der Waals surface area contributed by atoms with Crippen molar-refractivity contribution in [1.82, 2.24) is 4.90 Å². The van der Waals surface area contributed by atoms with Crippen molar-refractivity contribution in [2.75, 3.05) is 20.1 Å². The molecule has 66 valence electrons. The van der Waals surface area contributed by atoms with Gasteiger partial charge in [0, 0.05) is 25.0 Å². The Labute approximate surface area is 68.2 Å². The lowest BCUT2D eigenvalue weighted by Gasteiger charge is -2.28. The van der Waals surface area contributed by atoms with Crippen LogP contribution in [0.25, 0.3) is 0 Å². The third-order valence-electron chi connectivity index (χ3n) is 2.46. The van der Waals surface area contributed by atoms with Gasteiger partial charge in [0.25, 0.3) is 0 Å². The van der Waals surface area contributed by atoms with Crippen LogP contribution in [0.3, 0.4) is 0 Å². The van der Waals surface area contributed by atoms with Crippen LogP contribution in [0, 0.1) is 5.92 Å². The first-order valence-electron chi connectivity index (χ1n) is 4.08. The van der Waals surface area contributed by atoms with E-state index in [1.165, 1.54) is 0 Å². The molecule has 1 aliphatic heterocycles. The minimum Gasteiger partial charge on any atom is -0.390 e. The summed E-state index contributed by atoms with van der Waals surface area (Å²) in [7, 11) is 2.03. The molecule has 0 aromatic heterocycles. The Morgan fingerprint density at radius 1 is 1.45 bits per heavy atom. The molecule has 1 fully saturated rings. The first kappa shape index (κ1) is 8.97. The summed E-state index contributed by atoms with van der Waals surface area (Å²) >= 11 is 0. The normalized spacial score (nSPS) is 34.6. The first-order chi connectivity index (χ1) is 4.91. The van der Waals surface area contributed by atoms with E-state index in [0.717, 1.165) is 13.1 Å². The van der Waals surface area contributed by atoms with Crippen LogP contribution in [0.5, 0.6) is 0 Å². The summed E-state index contributed by atoms with van der Waals surface area (Å²) in [5, 5.41) is 9.70. The van der Waals surface area contributed by atoms with Crippen molar-refractivity contribution in [1.29, 1.82) is 0 Å². The second-order valence-electron chi connectivity index (χ2n) is 4.15. The van der Waals surface area contributed by atoms with E-state index in [1.54, 1.807) is 0 Å². The van der Waals surface area contributed by atoms with Crippen molar-refractivity contribution < 1.29 is 5.11 Å². The Kier molecular flexibility index (Phi) is 2.23. The number of hydrogen-bond acceptors (Lipinski definition) is 3. The third kappa shape index (κ3) is 1.92. The minimum atomic E-state index is -0.635. The van der Waals surface area contributed by atoms with E-state index in [-0.39, 0.29) is 12.0 Å². The number of likely N-dealkylation sites (N-methyl/N-ethyl adjacent to an activating group) is 1. The molecular formula is C8H18N2O. The molecule has 3 N–H and O–H groups in total. The highest BCUT2D eigenvalue weighted by Crippen LogP contribution is 2.25. The largest absolute Gasteiger partial charge is 0.390 e. The van der Waals surface area contributed by atoms with E-state index in [1.807, 2.05) is 20.9 Å². The van der Waals surface area contributed by atoms with Gasteiger partial charge in [0.05, 0.1) is 5.60 Å². The van der Waals surface area contributed by atoms with E-state index in [2.05, 4.69) is 4.90 Å². The van der Waals surface area contributed by atoms with Crippen LogP contribution < -0.4 is 5.73 Å². The van der Waals surface area contributed by atoms with Crippen LogP contribution in [-0.2, 0) is 0 Å². The number of nitrogens with zero attached hydrogens (tertiary/aromatic N) is 1. The minimum absolute atomic E-state index is 0.125. The van der Waals surface area contributed by atoms with Crippen LogP contribution >= 0.6 is 0 Å². The van der Waals surface area contributed by atoms with Gasteiger partial charge in [-0.25, -0.2) is 0 Å². The number of likely N-dealkylation sites (tertiary alicyclic amines) is 1. The summed E-state index contributed by atoms with van der Waals surface area (Å²) in [5.74, 6) is 0.215. The van der Waals surface area contributed by atoms with E-state index in [0.29, 0.717) is 0 Å². The van der Waals surface area contributed by atoms with Crippen molar-refractivity contribution >= 4 is 0 Å². The molecular weight excluding hydrogens is 140 g/mol. The van der Waals surface area contributed by atoms with Gasteiger partial charge in [0.1, 0.15) is 0 Å². The molecule has 0 aliphatic carbocycles. The molecule has 3 nitrogen and oxygen atoms in total. The van der Waals surface area contributed by atoms with Gasteiger partial charge in [0.15, 0.2) is 0 Å². The number of aliphatic hydroxyl groups is 1. The van der Waals surface area contributed by atoms with Gasteiger partial charge in [-0.3, -0.25) is 0 Å². The van der Waals surface area contributed by atoms with Crippen LogP contribution in [-0.4, -0.2) is 41.8 Å². The molecule has 0 radical (unpaired) electrons. The summed E-state index contributed by atoms with van der Waals surface area (Å²) in [4.78, 5) is 2.16. The van der Waals surface area contributed by atoms with Crippen LogP contribution in [0.1, 0.15) is 13.8 Å². The molecule has 1 saturated heterocycles. The average molecular weight is 158 g/mol.